The predicted octanol–water partition coefficient (Wildman–Crippen LogP) is -0.496. The minimum absolute atomic E-state index is 0.0103. The maximum absolute atomic E-state index is 12.0. The second-order valence-corrected chi connectivity index (χ2v) is 6.32. The predicted molar refractivity (Wildman–Crippen MR) is 71.0 cm³/mol. The average Bonchev–Trinajstić information content (AvgIpc) is 3.05. The lowest BCUT2D eigenvalue weighted by Gasteiger charge is -2.05. The van der Waals surface area contributed by atoms with E-state index in [2.05, 4.69) is 35.6 Å². The molecular weight excluding hydrogens is 282 g/mol. The smallest absolute Gasteiger partial charge is 0.242 e. The van der Waals surface area contributed by atoms with Gasteiger partial charge in [-0.1, -0.05) is 19.1 Å². The number of tetrazole rings is 1. The van der Waals surface area contributed by atoms with Gasteiger partial charge in [0.2, 0.25) is 10.0 Å². The van der Waals surface area contributed by atoms with E-state index in [9.17, 15) is 8.42 Å². The van der Waals surface area contributed by atoms with Gasteiger partial charge in [-0.15, -0.1) is 10.2 Å². The summed E-state index contributed by atoms with van der Waals surface area (Å²) < 4.78 is 26.5. The van der Waals surface area contributed by atoms with Crippen LogP contribution < -0.4 is 10.0 Å². The van der Waals surface area contributed by atoms with Crippen LogP contribution in [0, 0.1) is 0 Å². The lowest BCUT2D eigenvalue weighted by molar-refractivity contribution is 0.578. The molecule has 20 heavy (non-hydrogen) atoms. The monoisotopic (exact) mass is 299 g/mol. The maximum Gasteiger partial charge on any atom is 0.242 e. The summed E-state index contributed by atoms with van der Waals surface area (Å²) >= 11 is 0. The van der Waals surface area contributed by atoms with Crippen molar-refractivity contribution in [1.29, 1.82) is 0 Å². The number of hydrogen-bond acceptors (Lipinski definition) is 6. The Labute approximate surface area is 116 Å². The third kappa shape index (κ3) is 3.85. The van der Waals surface area contributed by atoms with Gasteiger partial charge in [-0.25, -0.2) is 13.1 Å². The minimum Gasteiger partial charge on any atom is -0.363 e. The Morgan fingerprint density at radius 1 is 1.35 bits per heavy atom. The third-order valence-corrected chi connectivity index (χ3v) is 3.92. The molecule has 0 radical (unpaired) electrons. The Kier molecular flexibility index (Phi) is 4.47. The fraction of sp³-hybridized carbons (Fsp3) is 0.500. The van der Waals surface area contributed by atoms with Crippen molar-refractivity contribution in [3.05, 3.63) is 23.8 Å². The topological polar surface area (TPSA) is 128 Å². The quantitative estimate of drug-likeness (QED) is 0.546. The lowest BCUT2D eigenvalue weighted by atomic mass is 10.3. The summed E-state index contributed by atoms with van der Waals surface area (Å²) in [5.74, 6) is 0.283. The van der Waals surface area contributed by atoms with Crippen LogP contribution in [0.1, 0.15) is 25.4 Å². The van der Waals surface area contributed by atoms with Gasteiger partial charge in [0.25, 0.3) is 0 Å². The van der Waals surface area contributed by atoms with E-state index < -0.39 is 10.0 Å². The van der Waals surface area contributed by atoms with E-state index in [1.165, 1.54) is 6.20 Å². The van der Waals surface area contributed by atoms with Crippen LogP contribution in [0.3, 0.4) is 0 Å². The van der Waals surface area contributed by atoms with E-state index in [1.54, 1.807) is 6.07 Å². The number of nitrogens with zero attached hydrogens (tertiary/aromatic N) is 3. The van der Waals surface area contributed by atoms with Crippen LogP contribution in [0.5, 0.6) is 0 Å². The van der Waals surface area contributed by atoms with Gasteiger partial charge >= 0.3 is 0 Å². The second kappa shape index (κ2) is 6.11. The molecule has 2 aromatic heterocycles. The molecule has 10 heteroatoms. The fourth-order valence-corrected chi connectivity index (χ4v) is 2.49. The molecule has 0 aliphatic carbocycles. The molecule has 0 saturated carbocycles. The number of hydrogen-bond donors (Lipinski definition) is 4. The van der Waals surface area contributed by atoms with Crippen LogP contribution in [0.15, 0.2) is 17.2 Å². The van der Waals surface area contributed by atoms with Crippen molar-refractivity contribution in [1.82, 2.24) is 35.6 Å². The van der Waals surface area contributed by atoms with Gasteiger partial charge < -0.3 is 10.3 Å². The van der Waals surface area contributed by atoms with Crippen LogP contribution in [0.4, 0.5) is 0 Å². The molecule has 2 heterocycles. The summed E-state index contributed by atoms with van der Waals surface area (Å²) in [7, 11) is -3.58. The normalized spacial score (nSPS) is 12.2. The Balaban J connectivity index is 1.98. The molecule has 4 N–H and O–H groups in total. The molecule has 0 spiro atoms. The molecule has 9 nitrogen and oxygen atoms in total. The number of aromatic nitrogens is 5. The molecule has 2 rings (SSSR count). The summed E-state index contributed by atoms with van der Waals surface area (Å²) in [5, 5.41) is 16.2. The zero-order valence-electron chi connectivity index (χ0n) is 11.2. The summed E-state index contributed by atoms with van der Waals surface area (Å²) in [6, 6.07) is 1.92. The number of sulfonamides is 1. The number of nitrogens with one attached hydrogen (secondary N) is 4. The van der Waals surface area contributed by atoms with Crippen molar-refractivity contribution in [2.45, 2.75) is 37.9 Å². The van der Waals surface area contributed by atoms with Crippen LogP contribution in [0.25, 0.3) is 0 Å². The Hall–Kier alpha value is -1.78. The third-order valence-electron chi connectivity index (χ3n) is 2.54. The molecule has 110 valence electrons. The minimum atomic E-state index is -3.58. The molecule has 0 fully saturated rings. The van der Waals surface area contributed by atoms with Crippen LogP contribution in [-0.4, -0.2) is 40.1 Å². The van der Waals surface area contributed by atoms with Crippen molar-refractivity contribution < 1.29 is 8.42 Å². The van der Waals surface area contributed by atoms with Crippen molar-refractivity contribution in [2.75, 3.05) is 0 Å². The largest absolute Gasteiger partial charge is 0.363 e. The van der Waals surface area contributed by atoms with E-state index in [0.717, 1.165) is 5.69 Å². The van der Waals surface area contributed by atoms with E-state index in [0.29, 0.717) is 12.6 Å². The van der Waals surface area contributed by atoms with Crippen LogP contribution >= 0.6 is 0 Å². The van der Waals surface area contributed by atoms with Crippen molar-refractivity contribution in [3.8, 4) is 0 Å². The van der Waals surface area contributed by atoms with Crippen molar-refractivity contribution in [2.24, 2.45) is 0 Å². The number of H-pyrrole nitrogens is 2. The summed E-state index contributed by atoms with van der Waals surface area (Å²) in [6.07, 6.45) is 1.45. The van der Waals surface area contributed by atoms with Gasteiger partial charge in [0.15, 0.2) is 5.82 Å². The SMILES string of the molecule is CC(C)NCc1cc(S(=O)(=O)NCc2nn[nH]n2)c[nH]1. The Morgan fingerprint density at radius 2 is 2.15 bits per heavy atom. The van der Waals surface area contributed by atoms with Gasteiger partial charge in [0.05, 0.1) is 11.4 Å². The molecule has 0 aliphatic heterocycles. The van der Waals surface area contributed by atoms with Gasteiger partial charge in [-0.05, 0) is 6.07 Å². The zero-order chi connectivity index (χ0) is 14.6. The first-order valence-corrected chi connectivity index (χ1v) is 7.58. The molecule has 0 unspecified atom stereocenters. The number of aromatic amines is 2. The van der Waals surface area contributed by atoms with E-state index >= 15 is 0 Å². The highest BCUT2D eigenvalue weighted by molar-refractivity contribution is 7.89. The molecule has 0 saturated heterocycles. The standard InChI is InChI=1S/C10H17N7O2S/c1-7(2)11-4-8-3-9(5-12-8)20(18,19)13-6-10-14-16-17-15-10/h3,5,7,11-13H,4,6H2,1-2H3,(H,14,15,16,17). The summed E-state index contributed by atoms with van der Waals surface area (Å²) in [5.41, 5.74) is 0.804. The van der Waals surface area contributed by atoms with Crippen LogP contribution in [-0.2, 0) is 23.1 Å². The molecule has 2 aromatic rings. The highest BCUT2D eigenvalue weighted by atomic mass is 32.2. The van der Waals surface area contributed by atoms with Crippen molar-refractivity contribution >= 4 is 10.0 Å². The van der Waals surface area contributed by atoms with Gasteiger partial charge in [-0.3, -0.25) is 0 Å². The van der Waals surface area contributed by atoms with E-state index in [4.69, 9.17) is 0 Å². The Bertz CT molecular complexity index is 632. The lowest BCUT2D eigenvalue weighted by Crippen LogP contribution is -2.23. The Morgan fingerprint density at radius 3 is 2.80 bits per heavy atom. The average molecular weight is 299 g/mol. The molecular formula is C10H17N7O2S. The maximum atomic E-state index is 12.0. The molecule has 0 amide bonds. The summed E-state index contributed by atoms with van der Waals surface area (Å²) in [4.78, 5) is 3.11. The molecule has 0 bridgehead atoms. The van der Waals surface area contributed by atoms with E-state index in [-0.39, 0.29) is 17.3 Å². The molecule has 0 atom stereocenters. The first-order chi connectivity index (χ1) is 9.47. The molecule has 0 aromatic carbocycles. The van der Waals surface area contributed by atoms with E-state index in [1.807, 2.05) is 13.8 Å². The first-order valence-electron chi connectivity index (χ1n) is 6.10. The zero-order valence-corrected chi connectivity index (χ0v) is 12.0. The summed E-state index contributed by atoms with van der Waals surface area (Å²) in [6.45, 7) is 4.61. The van der Waals surface area contributed by atoms with Crippen LogP contribution in [0.2, 0.25) is 0 Å². The highest BCUT2D eigenvalue weighted by Crippen LogP contribution is 2.11. The van der Waals surface area contributed by atoms with Gasteiger partial charge in [0.1, 0.15) is 0 Å². The number of rotatable bonds is 7. The first kappa shape index (κ1) is 14.6. The molecule has 0 aliphatic rings. The van der Waals surface area contributed by atoms with Gasteiger partial charge in [-0.2, -0.15) is 5.21 Å². The fourth-order valence-electron chi connectivity index (χ4n) is 1.49. The second-order valence-electron chi connectivity index (χ2n) is 4.55. The van der Waals surface area contributed by atoms with Gasteiger partial charge in [0, 0.05) is 24.5 Å². The highest BCUT2D eigenvalue weighted by Gasteiger charge is 2.16. The van der Waals surface area contributed by atoms with Crippen molar-refractivity contribution in [3.63, 3.8) is 0 Å².